The van der Waals surface area contributed by atoms with Gasteiger partial charge in [0.05, 0.1) is 7.11 Å². The van der Waals surface area contributed by atoms with Crippen molar-refractivity contribution in [3.05, 3.63) is 59.1 Å². The molecule has 5 heteroatoms. The van der Waals surface area contributed by atoms with Crippen LogP contribution in [0.3, 0.4) is 0 Å². The molecular weight excluding hydrogens is 336 g/mol. The van der Waals surface area contributed by atoms with Gasteiger partial charge in [0, 0.05) is 23.3 Å². The first-order chi connectivity index (χ1) is 12.1. The molecule has 0 bridgehead atoms. The van der Waals surface area contributed by atoms with Crippen LogP contribution >= 0.6 is 11.6 Å². The van der Waals surface area contributed by atoms with Crippen molar-refractivity contribution in [1.82, 2.24) is 4.90 Å². The second-order valence-corrected chi connectivity index (χ2v) is 6.93. The number of urea groups is 1. The summed E-state index contributed by atoms with van der Waals surface area (Å²) in [5, 5.41) is 3.63. The summed E-state index contributed by atoms with van der Waals surface area (Å²) >= 11 is 5.91. The number of carbonyl (C=O) groups is 1. The van der Waals surface area contributed by atoms with E-state index in [0.717, 1.165) is 17.0 Å². The van der Waals surface area contributed by atoms with Crippen molar-refractivity contribution in [3.8, 4) is 5.75 Å². The van der Waals surface area contributed by atoms with E-state index in [-0.39, 0.29) is 12.1 Å². The highest BCUT2D eigenvalue weighted by atomic mass is 35.5. The molecule has 0 heterocycles. The normalized spacial score (nSPS) is 14.7. The highest BCUT2D eigenvalue weighted by Crippen LogP contribution is 2.36. The fourth-order valence-corrected chi connectivity index (χ4v) is 3.02. The topological polar surface area (TPSA) is 41.6 Å². The number of nitrogens with one attached hydrogen (secondary N) is 1. The molecular formula is C20H23ClN2O2. The Morgan fingerprint density at radius 3 is 2.40 bits per heavy atom. The number of methoxy groups -OCH3 is 1. The van der Waals surface area contributed by atoms with Crippen LogP contribution in [0, 0.1) is 5.92 Å². The SMILES string of the molecule is COc1ccc(CN(C(=O)Nc2ccc(Cl)cc2)[C@H](C)C2CC2)cc1. The van der Waals surface area contributed by atoms with Gasteiger partial charge >= 0.3 is 6.03 Å². The lowest BCUT2D eigenvalue weighted by Crippen LogP contribution is -2.42. The number of halogens is 1. The molecule has 0 spiro atoms. The van der Waals surface area contributed by atoms with E-state index in [1.807, 2.05) is 41.3 Å². The Bertz CT molecular complexity index is 711. The molecule has 1 fully saturated rings. The van der Waals surface area contributed by atoms with Gasteiger partial charge in [0.2, 0.25) is 0 Å². The largest absolute Gasteiger partial charge is 0.497 e. The molecule has 2 amide bonds. The lowest BCUT2D eigenvalue weighted by molar-refractivity contribution is 0.180. The smallest absolute Gasteiger partial charge is 0.322 e. The molecule has 0 aliphatic heterocycles. The maximum Gasteiger partial charge on any atom is 0.322 e. The third-order valence-electron chi connectivity index (χ3n) is 4.66. The predicted octanol–water partition coefficient (Wildman–Crippen LogP) is 5.18. The van der Waals surface area contributed by atoms with E-state index in [9.17, 15) is 4.79 Å². The molecule has 2 aromatic rings. The van der Waals surface area contributed by atoms with Crippen LogP contribution in [0.15, 0.2) is 48.5 Å². The summed E-state index contributed by atoms with van der Waals surface area (Å²) in [7, 11) is 1.65. The molecule has 0 radical (unpaired) electrons. The highest BCUT2D eigenvalue weighted by Gasteiger charge is 2.34. The van der Waals surface area contributed by atoms with Gasteiger partial charge in [0.15, 0.2) is 0 Å². The summed E-state index contributed by atoms with van der Waals surface area (Å²) in [5.41, 5.74) is 1.83. The zero-order valence-corrected chi connectivity index (χ0v) is 15.3. The zero-order chi connectivity index (χ0) is 17.8. The molecule has 3 rings (SSSR count). The number of nitrogens with zero attached hydrogens (tertiary/aromatic N) is 1. The van der Waals surface area contributed by atoms with Crippen LogP contribution in [-0.4, -0.2) is 24.1 Å². The van der Waals surface area contributed by atoms with Gasteiger partial charge in [-0.2, -0.15) is 0 Å². The minimum Gasteiger partial charge on any atom is -0.497 e. The van der Waals surface area contributed by atoms with Crippen molar-refractivity contribution in [2.75, 3.05) is 12.4 Å². The number of ether oxygens (including phenoxy) is 1. The molecule has 0 unspecified atom stereocenters. The van der Waals surface area contributed by atoms with Crippen LogP contribution in [0.25, 0.3) is 0 Å². The molecule has 1 atom stereocenters. The van der Waals surface area contributed by atoms with E-state index in [1.165, 1.54) is 12.8 Å². The second-order valence-electron chi connectivity index (χ2n) is 6.49. The molecule has 1 aliphatic carbocycles. The van der Waals surface area contributed by atoms with Gasteiger partial charge in [-0.1, -0.05) is 23.7 Å². The summed E-state index contributed by atoms with van der Waals surface area (Å²) in [6, 6.07) is 15.1. The van der Waals surface area contributed by atoms with E-state index < -0.39 is 0 Å². The van der Waals surface area contributed by atoms with Crippen molar-refractivity contribution in [3.63, 3.8) is 0 Å². The molecule has 4 nitrogen and oxygen atoms in total. The second kappa shape index (κ2) is 7.79. The van der Waals surface area contributed by atoms with Crippen LogP contribution in [0.5, 0.6) is 5.75 Å². The lowest BCUT2D eigenvalue weighted by atomic mass is 10.1. The van der Waals surface area contributed by atoms with Crippen LogP contribution in [0.2, 0.25) is 5.02 Å². The maximum absolute atomic E-state index is 12.9. The predicted molar refractivity (Wildman–Crippen MR) is 101 cm³/mol. The molecule has 1 N–H and O–H groups in total. The molecule has 1 saturated carbocycles. The average Bonchev–Trinajstić information content (AvgIpc) is 3.46. The van der Waals surface area contributed by atoms with Crippen molar-refractivity contribution in [1.29, 1.82) is 0 Å². The fraction of sp³-hybridized carbons (Fsp3) is 0.350. The number of rotatable bonds is 6. The number of carbonyl (C=O) groups excluding carboxylic acids is 1. The summed E-state index contributed by atoms with van der Waals surface area (Å²) in [4.78, 5) is 14.8. The summed E-state index contributed by atoms with van der Waals surface area (Å²) in [6.45, 7) is 2.70. The number of hydrogen-bond donors (Lipinski definition) is 1. The number of amides is 2. The van der Waals surface area contributed by atoms with Gasteiger partial charge < -0.3 is 15.0 Å². The highest BCUT2D eigenvalue weighted by molar-refractivity contribution is 6.30. The molecule has 132 valence electrons. The van der Waals surface area contributed by atoms with E-state index in [2.05, 4.69) is 12.2 Å². The van der Waals surface area contributed by atoms with Crippen molar-refractivity contribution >= 4 is 23.3 Å². The summed E-state index contributed by atoms with van der Waals surface area (Å²) < 4.78 is 5.20. The summed E-state index contributed by atoms with van der Waals surface area (Å²) in [6.07, 6.45) is 2.38. The standard InChI is InChI=1S/C20H23ClN2O2/c1-14(16-5-6-16)23(13-15-3-11-19(25-2)12-4-15)20(24)22-18-9-7-17(21)8-10-18/h3-4,7-12,14,16H,5-6,13H2,1-2H3,(H,22,24)/t14-/m1/s1. The quantitative estimate of drug-likeness (QED) is 0.772. The molecule has 0 aromatic heterocycles. The van der Waals surface area contributed by atoms with Crippen LogP contribution in [0.4, 0.5) is 10.5 Å². The first kappa shape index (κ1) is 17.6. The average molecular weight is 359 g/mol. The monoisotopic (exact) mass is 358 g/mol. The number of anilines is 1. The van der Waals surface area contributed by atoms with Crippen LogP contribution in [0.1, 0.15) is 25.3 Å². The summed E-state index contributed by atoms with van der Waals surface area (Å²) in [5.74, 6) is 1.41. The molecule has 1 aliphatic rings. The van der Waals surface area contributed by atoms with Gasteiger partial charge in [-0.05, 0) is 67.6 Å². The first-order valence-electron chi connectivity index (χ1n) is 8.53. The molecule has 0 saturated heterocycles. The van der Waals surface area contributed by atoms with Gasteiger partial charge in [-0.15, -0.1) is 0 Å². The Hall–Kier alpha value is -2.20. The lowest BCUT2D eigenvalue weighted by Gasteiger charge is -2.30. The van der Waals surface area contributed by atoms with E-state index in [1.54, 1.807) is 19.2 Å². The van der Waals surface area contributed by atoms with Gasteiger partial charge in [-0.3, -0.25) is 0 Å². The molecule has 25 heavy (non-hydrogen) atoms. The minimum atomic E-state index is -0.0856. The van der Waals surface area contributed by atoms with E-state index >= 15 is 0 Å². The van der Waals surface area contributed by atoms with Gasteiger partial charge in [0.25, 0.3) is 0 Å². The Labute approximate surface area is 153 Å². The van der Waals surface area contributed by atoms with Crippen molar-refractivity contribution in [2.45, 2.75) is 32.4 Å². The zero-order valence-electron chi connectivity index (χ0n) is 14.5. The Balaban J connectivity index is 1.73. The fourth-order valence-electron chi connectivity index (χ4n) is 2.89. The molecule has 2 aromatic carbocycles. The van der Waals surface area contributed by atoms with E-state index in [0.29, 0.717) is 17.5 Å². The Morgan fingerprint density at radius 2 is 1.84 bits per heavy atom. The van der Waals surface area contributed by atoms with Gasteiger partial charge in [-0.25, -0.2) is 4.79 Å². The van der Waals surface area contributed by atoms with E-state index in [4.69, 9.17) is 16.3 Å². The van der Waals surface area contributed by atoms with Gasteiger partial charge in [0.1, 0.15) is 5.75 Å². The van der Waals surface area contributed by atoms with Crippen LogP contribution in [-0.2, 0) is 6.54 Å². The van der Waals surface area contributed by atoms with Crippen LogP contribution < -0.4 is 10.1 Å². The number of hydrogen-bond acceptors (Lipinski definition) is 2. The number of benzene rings is 2. The minimum absolute atomic E-state index is 0.0856. The Morgan fingerprint density at radius 1 is 1.20 bits per heavy atom. The Kier molecular flexibility index (Phi) is 5.49. The first-order valence-corrected chi connectivity index (χ1v) is 8.90. The van der Waals surface area contributed by atoms with Crippen molar-refractivity contribution in [2.24, 2.45) is 5.92 Å². The van der Waals surface area contributed by atoms with Crippen molar-refractivity contribution < 1.29 is 9.53 Å². The third-order valence-corrected chi connectivity index (χ3v) is 4.92. The maximum atomic E-state index is 12.9. The third kappa shape index (κ3) is 4.67.